The summed E-state index contributed by atoms with van der Waals surface area (Å²) in [6.45, 7) is 0. The van der Waals surface area contributed by atoms with Crippen molar-refractivity contribution in [3.63, 3.8) is 0 Å². The van der Waals surface area contributed by atoms with Gasteiger partial charge < -0.3 is 14.7 Å². The first-order valence-electron chi connectivity index (χ1n) is 10.9. The molecule has 4 aromatic rings. The van der Waals surface area contributed by atoms with E-state index in [-0.39, 0.29) is 0 Å². The molecule has 0 amide bonds. The first-order chi connectivity index (χ1) is 16.1. The average molecular weight is 434 g/mol. The molecule has 2 aliphatic carbocycles. The molecule has 4 aromatic carbocycles. The third kappa shape index (κ3) is 3.24. The van der Waals surface area contributed by atoms with Crippen LogP contribution in [0.25, 0.3) is 22.3 Å². The van der Waals surface area contributed by atoms with Gasteiger partial charge in [-0.3, -0.25) is 0 Å². The smallest absolute Gasteiger partial charge is 0.245 e. The summed E-state index contributed by atoms with van der Waals surface area (Å²) in [5, 5.41) is 17.2. The molecule has 162 valence electrons. The van der Waals surface area contributed by atoms with Gasteiger partial charge in [-0.1, -0.05) is 23.1 Å². The Morgan fingerprint density at radius 3 is 1.70 bits per heavy atom. The second kappa shape index (κ2) is 7.48. The summed E-state index contributed by atoms with van der Waals surface area (Å²) < 4.78 is 10.7. The van der Waals surface area contributed by atoms with Gasteiger partial charge in [0, 0.05) is 17.2 Å². The van der Waals surface area contributed by atoms with Crippen LogP contribution in [0.4, 0.5) is 11.4 Å². The number of rotatable bonds is 4. The number of hydrogen-bond acceptors (Lipinski definition) is 4. The molecule has 0 radical (unpaired) electrons. The van der Waals surface area contributed by atoms with Gasteiger partial charge in [0.2, 0.25) is 5.69 Å². The summed E-state index contributed by atoms with van der Waals surface area (Å²) in [5.74, 6) is 1.70. The molecule has 0 atom stereocenters. The van der Waals surface area contributed by atoms with Crippen molar-refractivity contribution >= 4 is 11.4 Å². The van der Waals surface area contributed by atoms with Crippen LogP contribution < -0.4 is 9.47 Å². The van der Waals surface area contributed by atoms with Crippen molar-refractivity contribution in [2.75, 3.05) is 14.2 Å². The van der Waals surface area contributed by atoms with E-state index in [0.717, 1.165) is 40.3 Å². The van der Waals surface area contributed by atoms with Crippen molar-refractivity contribution in [1.82, 2.24) is 0 Å². The Labute approximate surface area is 192 Å². The number of azo groups is 1. The lowest BCUT2D eigenvalue weighted by Crippen LogP contribution is -1.92. The quantitative estimate of drug-likeness (QED) is 0.175. The fraction of sp³-hybridized carbons (Fsp3) is 0.143. The van der Waals surface area contributed by atoms with Gasteiger partial charge in [0.25, 0.3) is 0 Å². The van der Waals surface area contributed by atoms with E-state index in [1.165, 1.54) is 33.4 Å². The molecule has 33 heavy (non-hydrogen) atoms. The first kappa shape index (κ1) is 19.6. The first-order valence-corrected chi connectivity index (χ1v) is 10.9. The van der Waals surface area contributed by atoms with E-state index in [2.05, 4.69) is 29.4 Å². The van der Waals surface area contributed by atoms with Gasteiger partial charge in [-0.25, -0.2) is 0 Å². The Bertz CT molecular complexity index is 1460. The van der Waals surface area contributed by atoms with Crippen LogP contribution in [-0.2, 0) is 12.8 Å². The summed E-state index contributed by atoms with van der Waals surface area (Å²) >= 11 is 0. The highest BCUT2D eigenvalue weighted by molar-refractivity contribution is 5.79. The van der Waals surface area contributed by atoms with Crippen LogP contribution >= 0.6 is 0 Å². The SMILES string of the molecule is COc1ccc2c(c1)Cc1cc(N=[N+]([O-])c3ccc4c(c3)Cc3cc(OC)ccc3-4)ccc1-2. The minimum Gasteiger partial charge on any atom is -0.594 e. The molecule has 0 unspecified atom stereocenters. The average Bonchev–Trinajstić information content (AvgIpc) is 3.39. The van der Waals surface area contributed by atoms with Crippen molar-refractivity contribution in [2.45, 2.75) is 12.8 Å². The second-order valence-electron chi connectivity index (χ2n) is 8.46. The monoisotopic (exact) mass is 434 g/mol. The second-order valence-corrected chi connectivity index (χ2v) is 8.46. The molecule has 0 saturated carbocycles. The van der Waals surface area contributed by atoms with Crippen molar-refractivity contribution in [1.29, 1.82) is 0 Å². The molecule has 0 bridgehead atoms. The van der Waals surface area contributed by atoms with Crippen LogP contribution in [-0.4, -0.2) is 19.1 Å². The van der Waals surface area contributed by atoms with Crippen LogP contribution in [0.15, 0.2) is 77.9 Å². The number of methoxy groups -OCH3 is 2. The molecule has 0 fully saturated rings. The summed E-state index contributed by atoms with van der Waals surface area (Å²) in [5.41, 5.74) is 10.7. The molecule has 0 heterocycles. The lowest BCUT2D eigenvalue weighted by Gasteiger charge is -2.05. The number of benzene rings is 4. The molecule has 0 aromatic heterocycles. The van der Waals surface area contributed by atoms with E-state index < -0.39 is 0 Å². The van der Waals surface area contributed by atoms with E-state index in [9.17, 15) is 5.21 Å². The standard InChI is InChI=1S/C28H22N2O3/c1-32-23-5-9-27-19(15-23)11-17-13-21(3-7-25(17)27)29-30(31)22-4-8-26-18(14-22)12-20-16-24(33-2)6-10-28(20)26/h3-10,13-16H,11-12H2,1-2H3. The maximum Gasteiger partial charge on any atom is 0.245 e. The number of fused-ring (bicyclic) bond motifs is 6. The van der Waals surface area contributed by atoms with Gasteiger partial charge in [0.15, 0.2) is 0 Å². The van der Waals surface area contributed by atoms with E-state index in [1.807, 2.05) is 48.5 Å². The highest BCUT2D eigenvalue weighted by atomic mass is 16.5. The highest BCUT2D eigenvalue weighted by Crippen LogP contribution is 2.41. The van der Waals surface area contributed by atoms with E-state index in [4.69, 9.17) is 9.47 Å². The van der Waals surface area contributed by atoms with Gasteiger partial charge in [-0.2, -0.15) is 0 Å². The van der Waals surface area contributed by atoms with Gasteiger partial charge in [-0.15, -0.1) is 0 Å². The van der Waals surface area contributed by atoms with Gasteiger partial charge >= 0.3 is 0 Å². The zero-order chi connectivity index (χ0) is 22.5. The fourth-order valence-corrected chi connectivity index (χ4v) is 4.94. The van der Waals surface area contributed by atoms with Crippen LogP contribution in [0.1, 0.15) is 22.3 Å². The largest absolute Gasteiger partial charge is 0.594 e. The number of ether oxygens (including phenoxy) is 2. The maximum atomic E-state index is 12.9. The van der Waals surface area contributed by atoms with Gasteiger partial charge in [0.1, 0.15) is 17.2 Å². The molecule has 0 aliphatic heterocycles. The predicted octanol–water partition coefficient (Wildman–Crippen LogP) is 6.77. The van der Waals surface area contributed by atoms with Gasteiger partial charge in [-0.05, 0) is 99.8 Å². The lowest BCUT2D eigenvalue weighted by atomic mass is 10.1. The van der Waals surface area contributed by atoms with E-state index >= 15 is 0 Å². The summed E-state index contributed by atoms with van der Waals surface area (Å²) in [6, 6.07) is 24.0. The van der Waals surface area contributed by atoms with Crippen LogP contribution in [0.2, 0.25) is 0 Å². The summed E-state index contributed by atoms with van der Waals surface area (Å²) in [7, 11) is 3.35. The molecule has 0 spiro atoms. The zero-order valence-corrected chi connectivity index (χ0v) is 18.5. The lowest BCUT2D eigenvalue weighted by molar-refractivity contribution is -0.435. The van der Waals surface area contributed by atoms with Crippen LogP contribution in [0, 0.1) is 5.21 Å². The molecule has 2 aliphatic rings. The predicted molar refractivity (Wildman–Crippen MR) is 128 cm³/mol. The maximum absolute atomic E-state index is 12.9. The number of hydrogen-bond donors (Lipinski definition) is 0. The number of nitrogens with zero attached hydrogens (tertiary/aromatic N) is 2. The Morgan fingerprint density at radius 1 is 0.636 bits per heavy atom. The van der Waals surface area contributed by atoms with Crippen molar-refractivity contribution in [3.05, 3.63) is 100 Å². The van der Waals surface area contributed by atoms with E-state index in [1.54, 1.807) is 14.2 Å². The third-order valence-corrected chi connectivity index (χ3v) is 6.57. The molecular formula is C28H22N2O3. The molecule has 0 N–H and O–H groups in total. The Kier molecular flexibility index (Phi) is 4.44. The topological polar surface area (TPSA) is 56.9 Å². The molecule has 0 saturated heterocycles. The van der Waals surface area contributed by atoms with Crippen LogP contribution in [0.5, 0.6) is 11.5 Å². The Hall–Kier alpha value is -4.12. The van der Waals surface area contributed by atoms with Crippen LogP contribution in [0.3, 0.4) is 0 Å². The highest BCUT2D eigenvalue weighted by Gasteiger charge is 2.22. The molecule has 5 nitrogen and oxygen atoms in total. The van der Waals surface area contributed by atoms with Crippen molar-refractivity contribution in [2.24, 2.45) is 5.11 Å². The van der Waals surface area contributed by atoms with Gasteiger partial charge in [0.05, 0.1) is 14.2 Å². The fourth-order valence-electron chi connectivity index (χ4n) is 4.94. The molecule has 5 heteroatoms. The third-order valence-electron chi connectivity index (χ3n) is 6.57. The Morgan fingerprint density at radius 2 is 1.12 bits per heavy atom. The minimum absolute atomic E-state index is 0.530. The summed E-state index contributed by atoms with van der Waals surface area (Å²) in [6.07, 6.45) is 1.59. The van der Waals surface area contributed by atoms with E-state index in [0.29, 0.717) is 11.4 Å². The Balaban J connectivity index is 1.28. The van der Waals surface area contributed by atoms with Crippen molar-refractivity contribution < 1.29 is 14.3 Å². The summed E-state index contributed by atoms with van der Waals surface area (Å²) in [4.78, 5) is 0.719. The zero-order valence-electron chi connectivity index (χ0n) is 18.5. The van der Waals surface area contributed by atoms with Crippen molar-refractivity contribution in [3.8, 4) is 33.8 Å². The normalized spacial score (nSPS) is 13.2. The molecular weight excluding hydrogens is 412 g/mol. The molecule has 6 rings (SSSR count). The minimum atomic E-state index is 0.530.